The molecule has 1 N–H and O–H groups in total. The van der Waals surface area contributed by atoms with Crippen LogP contribution >= 0.6 is 35.0 Å². The molecule has 0 spiro atoms. The highest BCUT2D eigenvalue weighted by atomic mass is 35.5. The van der Waals surface area contributed by atoms with Crippen LogP contribution in [0, 0.1) is 0 Å². The van der Waals surface area contributed by atoms with Crippen LogP contribution in [0.4, 0.5) is 0 Å². The van der Waals surface area contributed by atoms with Crippen molar-refractivity contribution in [3.05, 3.63) is 33.8 Å². The van der Waals surface area contributed by atoms with Gasteiger partial charge < -0.3 is 5.32 Å². The van der Waals surface area contributed by atoms with Gasteiger partial charge >= 0.3 is 0 Å². The van der Waals surface area contributed by atoms with Crippen molar-refractivity contribution in [2.75, 3.05) is 12.8 Å². The zero-order valence-electron chi connectivity index (χ0n) is 9.76. The predicted molar refractivity (Wildman–Crippen MR) is 75.9 cm³/mol. The fourth-order valence-electron chi connectivity index (χ4n) is 1.41. The molecule has 0 saturated carbocycles. The summed E-state index contributed by atoms with van der Waals surface area (Å²) in [5.41, 5.74) is 1.07. The minimum absolute atomic E-state index is 0.249. The van der Waals surface area contributed by atoms with Gasteiger partial charge in [-0.3, -0.25) is 0 Å². The van der Waals surface area contributed by atoms with E-state index in [2.05, 4.69) is 19.2 Å². The standard InChI is InChI=1S/C12H17Cl2NS/c1-8(2)16-7-11(15-3)9-5-4-6-10(13)12(9)14/h4-6,8,11,15H,7H2,1-3H3. The molecule has 4 heteroatoms. The third kappa shape index (κ3) is 3.85. The third-order valence-electron chi connectivity index (χ3n) is 2.30. The molecule has 0 aliphatic rings. The minimum Gasteiger partial charge on any atom is -0.312 e. The highest BCUT2D eigenvalue weighted by Gasteiger charge is 2.15. The Balaban J connectivity index is 2.82. The monoisotopic (exact) mass is 277 g/mol. The molecule has 1 aromatic carbocycles. The van der Waals surface area contributed by atoms with Gasteiger partial charge in [0.2, 0.25) is 0 Å². The summed E-state index contributed by atoms with van der Waals surface area (Å²) < 4.78 is 0. The van der Waals surface area contributed by atoms with Gasteiger partial charge in [0.15, 0.2) is 0 Å². The van der Waals surface area contributed by atoms with Gasteiger partial charge in [0.1, 0.15) is 0 Å². The molecule has 0 saturated heterocycles. The van der Waals surface area contributed by atoms with E-state index in [0.717, 1.165) is 11.3 Å². The fraction of sp³-hybridized carbons (Fsp3) is 0.500. The number of halogens is 2. The van der Waals surface area contributed by atoms with Crippen molar-refractivity contribution in [1.29, 1.82) is 0 Å². The van der Waals surface area contributed by atoms with Crippen LogP contribution in [0.1, 0.15) is 25.5 Å². The first-order valence-corrected chi connectivity index (χ1v) is 7.09. The van der Waals surface area contributed by atoms with Gasteiger partial charge in [-0.2, -0.15) is 11.8 Å². The lowest BCUT2D eigenvalue weighted by molar-refractivity contribution is 0.661. The Bertz CT molecular complexity index is 342. The summed E-state index contributed by atoms with van der Waals surface area (Å²) in [6.07, 6.45) is 0. The Hall–Kier alpha value is 0.110. The smallest absolute Gasteiger partial charge is 0.0640 e. The number of hydrogen-bond acceptors (Lipinski definition) is 2. The largest absolute Gasteiger partial charge is 0.312 e. The van der Waals surface area contributed by atoms with E-state index in [1.165, 1.54) is 0 Å². The van der Waals surface area contributed by atoms with Crippen molar-refractivity contribution in [3.8, 4) is 0 Å². The molecule has 1 aromatic rings. The summed E-state index contributed by atoms with van der Waals surface area (Å²) in [7, 11) is 1.95. The van der Waals surface area contributed by atoms with Crippen LogP contribution in [0.25, 0.3) is 0 Å². The Morgan fingerprint density at radius 3 is 2.56 bits per heavy atom. The number of rotatable bonds is 5. The van der Waals surface area contributed by atoms with E-state index >= 15 is 0 Å². The molecular formula is C12H17Cl2NS. The molecule has 1 unspecified atom stereocenters. The zero-order valence-corrected chi connectivity index (χ0v) is 12.1. The molecule has 0 aliphatic heterocycles. The Kier molecular flexibility index (Phi) is 5.98. The number of hydrogen-bond donors (Lipinski definition) is 1. The molecule has 0 bridgehead atoms. The quantitative estimate of drug-likeness (QED) is 0.857. The van der Waals surface area contributed by atoms with Crippen LogP contribution in [0.5, 0.6) is 0 Å². The molecule has 0 aromatic heterocycles. The minimum atomic E-state index is 0.249. The number of nitrogens with one attached hydrogen (secondary N) is 1. The van der Waals surface area contributed by atoms with Crippen molar-refractivity contribution < 1.29 is 0 Å². The highest BCUT2D eigenvalue weighted by molar-refractivity contribution is 7.99. The molecule has 90 valence electrons. The lowest BCUT2D eigenvalue weighted by Crippen LogP contribution is -2.20. The van der Waals surface area contributed by atoms with Crippen molar-refractivity contribution in [2.45, 2.75) is 25.1 Å². The molecule has 1 rings (SSSR count). The second-order valence-corrected chi connectivity index (χ2v) is 6.26. The molecule has 0 radical (unpaired) electrons. The zero-order chi connectivity index (χ0) is 12.1. The average molecular weight is 278 g/mol. The van der Waals surface area contributed by atoms with Crippen LogP contribution in [-0.2, 0) is 0 Å². The van der Waals surface area contributed by atoms with Crippen molar-refractivity contribution in [3.63, 3.8) is 0 Å². The van der Waals surface area contributed by atoms with Gasteiger partial charge in [0.25, 0.3) is 0 Å². The van der Waals surface area contributed by atoms with Gasteiger partial charge in [-0.05, 0) is 23.9 Å². The van der Waals surface area contributed by atoms with Crippen LogP contribution < -0.4 is 5.32 Å². The van der Waals surface area contributed by atoms with Gasteiger partial charge in [0, 0.05) is 11.8 Å². The molecule has 0 aliphatic carbocycles. The second-order valence-electron chi connectivity index (χ2n) is 3.87. The maximum absolute atomic E-state index is 6.20. The molecule has 16 heavy (non-hydrogen) atoms. The van der Waals surface area contributed by atoms with Crippen LogP contribution in [0.2, 0.25) is 10.0 Å². The van der Waals surface area contributed by atoms with Crippen LogP contribution in [0.3, 0.4) is 0 Å². The maximum atomic E-state index is 6.20. The topological polar surface area (TPSA) is 12.0 Å². The molecular weight excluding hydrogens is 261 g/mol. The molecule has 1 nitrogen and oxygen atoms in total. The third-order valence-corrected chi connectivity index (χ3v) is 4.33. The number of thioether (sulfide) groups is 1. The SMILES string of the molecule is CNC(CSC(C)C)c1cccc(Cl)c1Cl. The number of benzene rings is 1. The Morgan fingerprint density at radius 1 is 1.31 bits per heavy atom. The van der Waals surface area contributed by atoms with E-state index in [4.69, 9.17) is 23.2 Å². The lowest BCUT2D eigenvalue weighted by atomic mass is 10.1. The second kappa shape index (κ2) is 6.75. The lowest BCUT2D eigenvalue weighted by Gasteiger charge is -2.19. The highest BCUT2D eigenvalue weighted by Crippen LogP contribution is 2.31. The summed E-state index contributed by atoms with van der Waals surface area (Å²) >= 11 is 14.1. The van der Waals surface area contributed by atoms with E-state index in [1.807, 2.05) is 37.0 Å². The van der Waals surface area contributed by atoms with Gasteiger partial charge in [-0.15, -0.1) is 0 Å². The van der Waals surface area contributed by atoms with Crippen molar-refractivity contribution in [2.24, 2.45) is 0 Å². The maximum Gasteiger partial charge on any atom is 0.0640 e. The van der Waals surface area contributed by atoms with Crippen LogP contribution in [-0.4, -0.2) is 18.1 Å². The summed E-state index contributed by atoms with van der Waals surface area (Å²) in [6.45, 7) is 4.38. The first-order chi connectivity index (χ1) is 7.56. The summed E-state index contributed by atoms with van der Waals surface area (Å²) in [5.74, 6) is 0.994. The first-order valence-electron chi connectivity index (χ1n) is 5.29. The van der Waals surface area contributed by atoms with E-state index in [0.29, 0.717) is 15.3 Å². The van der Waals surface area contributed by atoms with Crippen LogP contribution in [0.15, 0.2) is 18.2 Å². The summed E-state index contributed by atoms with van der Waals surface area (Å²) in [4.78, 5) is 0. The summed E-state index contributed by atoms with van der Waals surface area (Å²) in [5, 5.41) is 5.18. The normalized spacial score (nSPS) is 13.1. The fourth-order valence-corrected chi connectivity index (χ4v) is 2.77. The first kappa shape index (κ1) is 14.2. The van der Waals surface area contributed by atoms with E-state index in [-0.39, 0.29) is 6.04 Å². The predicted octanol–water partition coefficient (Wildman–Crippen LogP) is 4.40. The molecule has 1 atom stereocenters. The van der Waals surface area contributed by atoms with Gasteiger partial charge in [-0.25, -0.2) is 0 Å². The van der Waals surface area contributed by atoms with Gasteiger partial charge in [0.05, 0.1) is 10.0 Å². The van der Waals surface area contributed by atoms with E-state index in [1.54, 1.807) is 0 Å². The summed E-state index contributed by atoms with van der Waals surface area (Å²) in [6, 6.07) is 6.03. The van der Waals surface area contributed by atoms with Crippen molar-refractivity contribution in [1.82, 2.24) is 5.32 Å². The molecule has 0 heterocycles. The van der Waals surface area contributed by atoms with E-state index < -0.39 is 0 Å². The van der Waals surface area contributed by atoms with Crippen molar-refractivity contribution >= 4 is 35.0 Å². The Labute approximate surface area is 112 Å². The molecule has 0 amide bonds. The van der Waals surface area contributed by atoms with Gasteiger partial charge in [-0.1, -0.05) is 49.2 Å². The van der Waals surface area contributed by atoms with E-state index in [9.17, 15) is 0 Å². The Morgan fingerprint density at radius 2 is 2.00 bits per heavy atom. The average Bonchev–Trinajstić information content (AvgIpc) is 2.24. The molecule has 0 fully saturated rings.